The van der Waals surface area contributed by atoms with Crippen LogP contribution >= 0.6 is 11.3 Å². The van der Waals surface area contributed by atoms with E-state index in [0.717, 1.165) is 72.5 Å². The predicted octanol–water partition coefficient (Wildman–Crippen LogP) is 6.83. The molecule has 0 spiro atoms. The maximum Gasteiger partial charge on any atom is 0.253 e. The molecule has 0 aliphatic carbocycles. The summed E-state index contributed by atoms with van der Waals surface area (Å²) in [5, 5.41) is 11.7. The summed E-state index contributed by atoms with van der Waals surface area (Å²) in [6, 6.07) is 15.2. The largest absolute Gasteiger partial charge is 0.420 e. The summed E-state index contributed by atoms with van der Waals surface area (Å²) in [5.41, 5.74) is 3.48. The maximum atomic E-state index is 14.0. The first-order valence-corrected chi connectivity index (χ1v) is 17.8. The molecule has 6 heterocycles. The average molecular weight is 681 g/mol. The summed E-state index contributed by atoms with van der Waals surface area (Å²) in [6.45, 7) is 8.57. The molecule has 254 valence electrons. The summed E-state index contributed by atoms with van der Waals surface area (Å²) in [7, 11) is 0. The van der Waals surface area contributed by atoms with Crippen LogP contribution in [0.3, 0.4) is 0 Å². The van der Waals surface area contributed by atoms with Crippen LogP contribution in [0.1, 0.15) is 95.3 Å². The smallest absolute Gasteiger partial charge is 0.253 e. The molecule has 0 saturated carbocycles. The van der Waals surface area contributed by atoms with Gasteiger partial charge >= 0.3 is 0 Å². The first-order chi connectivity index (χ1) is 23.7. The van der Waals surface area contributed by atoms with Crippen molar-refractivity contribution in [2.24, 2.45) is 11.3 Å². The summed E-state index contributed by atoms with van der Waals surface area (Å²) < 4.78 is 11.7. The van der Waals surface area contributed by atoms with Crippen molar-refractivity contribution >= 4 is 34.1 Å². The zero-order chi connectivity index (χ0) is 34.1. The fourth-order valence-electron chi connectivity index (χ4n) is 6.93. The van der Waals surface area contributed by atoms with E-state index in [4.69, 9.17) is 14.5 Å². The SMILES string of the molecule is Cc1ccc2c(n1)Oc1nc(-c3ccc(C(=O)N4CCCCC4)cc3)ccc1[C@H]2C(C)(C)C(=O)Nc1nnc(C(=O)CC2CCOCC2)s1. The number of carbonyl (C=O) groups is 3. The van der Waals surface area contributed by atoms with Crippen LogP contribution < -0.4 is 10.1 Å². The molecule has 1 aromatic carbocycles. The van der Waals surface area contributed by atoms with E-state index in [1.165, 1.54) is 6.42 Å². The van der Waals surface area contributed by atoms with Gasteiger partial charge < -0.3 is 19.7 Å². The number of piperidine rings is 1. The highest BCUT2D eigenvalue weighted by molar-refractivity contribution is 7.17. The fourth-order valence-corrected chi connectivity index (χ4v) is 7.62. The average Bonchev–Trinajstić information content (AvgIpc) is 3.59. The van der Waals surface area contributed by atoms with Crippen molar-refractivity contribution in [3.63, 3.8) is 0 Å². The second kappa shape index (κ2) is 13.8. The number of carbonyl (C=O) groups excluding carboxylic acids is 3. The van der Waals surface area contributed by atoms with Crippen molar-refractivity contribution in [2.75, 3.05) is 31.6 Å². The van der Waals surface area contributed by atoms with Crippen LogP contribution in [-0.2, 0) is 9.53 Å². The van der Waals surface area contributed by atoms with Crippen LogP contribution in [0.15, 0.2) is 48.5 Å². The number of fused-ring (bicyclic) bond motifs is 2. The molecule has 11 nitrogen and oxygen atoms in total. The van der Waals surface area contributed by atoms with Crippen molar-refractivity contribution in [1.82, 2.24) is 25.1 Å². The topological polar surface area (TPSA) is 136 Å². The van der Waals surface area contributed by atoms with Crippen molar-refractivity contribution < 1.29 is 23.9 Å². The molecule has 1 atom stereocenters. The van der Waals surface area contributed by atoms with Crippen LogP contribution in [0.25, 0.3) is 11.3 Å². The van der Waals surface area contributed by atoms with Crippen molar-refractivity contribution in [3.8, 4) is 23.0 Å². The number of pyridine rings is 2. The molecule has 0 bridgehead atoms. The lowest BCUT2D eigenvalue weighted by molar-refractivity contribution is -0.124. The Hall–Kier alpha value is -4.55. The minimum atomic E-state index is -1.01. The normalized spacial score (nSPS) is 17.9. The second-order valence-corrected chi connectivity index (χ2v) is 14.7. The third-order valence-corrected chi connectivity index (χ3v) is 10.7. The summed E-state index contributed by atoms with van der Waals surface area (Å²) in [4.78, 5) is 51.4. The number of rotatable bonds is 8. The predicted molar refractivity (Wildman–Crippen MR) is 185 cm³/mol. The third kappa shape index (κ3) is 6.84. The molecular weight excluding hydrogens is 641 g/mol. The first kappa shape index (κ1) is 33.0. The standard InChI is InChI=1S/C37H40N6O5S/c1-22-7-12-26-30(37(2,3)35(46)40-36-42-41-33(49-36)29(44)21-23-15-19-47-20-16-23)27-13-14-28(39-32(27)48-31(26)38-22)24-8-10-25(11-9-24)34(45)43-17-5-4-6-18-43/h7-14,23,30H,4-6,15-21H2,1-3H3,(H,40,42,46)/t30-/m0/s1. The molecule has 12 heteroatoms. The van der Waals surface area contributed by atoms with Gasteiger partial charge in [0, 0.05) is 66.6 Å². The van der Waals surface area contributed by atoms with E-state index in [9.17, 15) is 14.4 Å². The molecule has 1 N–H and O–H groups in total. The number of anilines is 1. The van der Waals surface area contributed by atoms with E-state index in [1.54, 1.807) is 0 Å². The van der Waals surface area contributed by atoms with Gasteiger partial charge in [-0.25, -0.2) is 9.97 Å². The molecule has 2 fully saturated rings. The van der Waals surface area contributed by atoms with E-state index >= 15 is 0 Å². The van der Waals surface area contributed by atoms with Crippen LogP contribution in [0, 0.1) is 18.3 Å². The number of aryl methyl sites for hydroxylation is 1. The van der Waals surface area contributed by atoms with Gasteiger partial charge in [0.05, 0.1) is 11.1 Å². The Morgan fingerprint density at radius 2 is 1.59 bits per heavy atom. The highest BCUT2D eigenvalue weighted by Crippen LogP contribution is 2.51. The maximum absolute atomic E-state index is 14.0. The Labute approximate surface area is 289 Å². The third-order valence-electron chi connectivity index (χ3n) is 9.81. The number of hydrogen-bond donors (Lipinski definition) is 1. The molecule has 0 unspecified atom stereocenters. The molecule has 4 aromatic rings. The summed E-state index contributed by atoms with van der Waals surface area (Å²) in [5.74, 6) is 0.308. The van der Waals surface area contributed by atoms with Crippen molar-refractivity contribution in [1.29, 1.82) is 0 Å². The van der Waals surface area contributed by atoms with Gasteiger partial charge in [-0.3, -0.25) is 14.4 Å². The zero-order valence-electron chi connectivity index (χ0n) is 28.0. The number of nitrogens with zero attached hydrogens (tertiary/aromatic N) is 5. The number of ether oxygens (including phenoxy) is 2. The molecule has 3 aromatic heterocycles. The molecule has 3 aliphatic heterocycles. The van der Waals surface area contributed by atoms with Gasteiger partial charge in [-0.05, 0) is 69.2 Å². The van der Waals surface area contributed by atoms with Crippen molar-refractivity contribution in [3.05, 3.63) is 75.9 Å². The Morgan fingerprint density at radius 3 is 2.33 bits per heavy atom. The highest BCUT2D eigenvalue weighted by Gasteiger charge is 2.45. The Kier molecular flexibility index (Phi) is 9.25. The number of likely N-dealkylation sites (tertiary alicyclic amines) is 1. The van der Waals surface area contributed by atoms with Gasteiger partial charge in [0.1, 0.15) is 0 Å². The van der Waals surface area contributed by atoms with E-state index in [0.29, 0.717) is 47.7 Å². The zero-order valence-corrected chi connectivity index (χ0v) is 28.8. The van der Waals surface area contributed by atoms with E-state index < -0.39 is 11.3 Å². The van der Waals surface area contributed by atoms with Gasteiger partial charge in [0.25, 0.3) is 5.91 Å². The first-order valence-electron chi connectivity index (χ1n) is 17.0. The lowest BCUT2D eigenvalue weighted by atomic mass is 9.70. The number of hydrogen-bond acceptors (Lipinski definition) is 10. The van der Waals surface area contributed by atoms with Crippen LogP contribution in [-0.4, -0.2) is 69.0 Å². The lowest BCUT2D eigenvalue weighted by Crippen LogP contribution is -2.38. The second-order valence-electron chi connectivity index (χ2n) is 13.7. The minimum Gasteiger partial charge on any atom is -0.420 e. The molecule has 0 radical (unpaired) electrons. The molecule has 2 saturated heterocycles. The lowest BCUT2D eigenvalue weighted by Gasteiger charge is -2.37. The number of benzene rings is 1. The monoisotopic (exact) mass is 680 g/mol. The van der Waals surface area contributed by atoms with Crippen LogP contribution in [0.4, 0.5) is 5.13 Å². The quantitative estimate of drug-likeness (QED) is 0.199. The minimum absolute atomic E-state index is 0.0562. The van der Waals surface area contributed by atoms with Gasteiger partial charge in [-0.15, -0.1) is 10.2 Å². The number of nitrogens with one attached hydrogen (secondary N) is 1. The Morgan fingerprint density at radius 1 is 0.898 bits per heavy atom. The van der Waals surface area contributed by atoms with Crippen LogP contribution in [0.2, 0.25) is 0 Å². The molecule has 2 amide bonds. The highest BCUT2D eigenvalue weighted by atomic mass is 32.1. The van der Waals surface area contributed by atoms with Gasteiger partial charge in [-0.2, -0.15) is 0 Å². The number of Topliss-reactive ketones (excluding diaryl/α,β-unsaturated/α-hetero) is 1. The number of ketones is 1. The van der Waals surface area contributed by atoms with E-state index in [-0.39, 0.29) is 28.6 Å². The fraction of sp³-hybridized carbons (Fsp3) is 0.432. The number of amides is 2. The summed E-state index contributed by atoms with van der Waals surface area (Å²) in [6.07, 6.45) is 5.36. The van der Waals surface area contributed by atoms with Crippen molar-refractivity contribution in [2.45, 2.75) is 65.2 Å². The summed E-state index contributed by atoms with van der Waals surface area (Å²) >= 11 is 1.10. The molecular formula is C37H40N6O5S. The number of aromatic nitrogens is 4. The van der Waals surface area contributed by atoms with Gasteiger partial charge in [0.15, 0.2) is 10.8 Å². The van der Waals surface area contributed by atoms with E-state index in [2.05, 4.69) is 20.5 Å². The van der Waals surface area contributed by atoms with Gasteiger partial charge in [-0.1, -0.05) is 49.4 Å². The molecule has 3 aliphatic rings. The molecule has 49 heavy (non-hydrogen) atoms. The van der Waals surface area contributed by atoms with Crippen LogP contribution in [0.5, 0.6) is 11.8 Å². The van der Waals surface area contributed by atoms with Gasteiger partial charge in [0.2, 0.25) is 22.8 Å². The Bertz CT molecular complexity index is 1880. The molecule has 7 rings (SSSR count). The van der Waals surface area contributed by atoms with E-state index in [1.807, 2.05) is 74.2 Å². The Balaban J connectivity index is 1.13.